The van der Waals surface area contributed by atoms with Gasteiger partial charge in [0.05, 0.1) is 11.9 Å². The van der Waals surface area contributed by atoms with Crippen molar-refractivity contribution < 1.29 is 9.18 Å². The standard InChI is InChI=1S/C15H18FN3O/c1-10-4-6-13(16)14(8-10)18-15(20)7-5-12-9-17-19(3)11(12)2/h4,6,8-9H,5,7H2,1-3H3,(H,18,20). The highest BCUT2D eigenvalue weighted by atomic mass is 19.1. The van der Waals surface area contributed by atoms with E-state index in [-0.39, 0.29) is 11.6 Å². The fourth-order valence-corrected chi connectivity index (χ4v) is 1.99. The van der Waals surface area contributed by atoms with Crippen LogP contribution >= 0.6 is 0 Å². The quantitative estimate of drug-likeness (QED) is 0.932. The number of amides is 1. The Morgan fingerprint density at radius 2 is 2.15 bits per heavy atom. The number of carbonyl (C=O) groups is 1. The molecule has 20 heavy (non-hydrogen) atoms. The average Bonchev–Trinajstić information content (AvgIpc) is 2.72. The molecule has 0 saturated carbocycles. The van der Waals surface area contributed by atoms with Gasteiger partial charge in [0.15, 0.2) is 0 Å². The summed E-state index contributed by atoms with van der Waals surface area (Å²) in [5, 5.41) is 6.74. The number of anilines is 1. The molecule has 1 amide bonds. The smallest absolute Gasteiger partial charge is 0.224 e. The predicted molar refractivity (Wildman–Crippen MR) is 76.0 cm³/mol. The third-order valence-electron chi connectivity index (χ3n) is 3.35. The maximum absolute atomic E-state index is 13.5. The molecule has 0 fully saturated rings. The van der Waals surface area contributed by atoms with E-state index in [1.54, 1.807) is 23.0 Å². The van der Waals surface area contributed by atoms with E-state index in [9.17, 15) is 9.18 Å². The Bertz CT molecular complexity index is 634. The van der Waals surface area contributed by atoms with Crippen LogP contribution in [0.1, 0.15) is 23.2 Å². The summed E-state index contributed by atoms with van der Waals surface area (Å²) in [5.41, 5.74) is 3.22. The molecule has 0 aliphatic rings. The van der Waals surface area contributed by atoms with Crippen molar-refractivity contribution in [3.8, 4) is 0 Å². The molecule has 2 rings (SSSR count). The lowest BCUT2D eigenvalue weighted by atomic mass is 10.1. The van der Waals surface area contributed by atoms with Gasteiger partial charge in [-0.05, 0) is 43.5 Å². The van der Waals surface area contributed by atoms with E-state index in [1.165, 1.54) is 6.07 Å². The molecule has 106 valence electrons. The van der Waals surface area contributed by atoms with Gasteiger partial charge in [-0.3, -0.25) is 9.48 Å². The molecule has 0 saturated heterocycles. The van der Waals surface area contributed by atoms with E-state index in [0.29, 0.717) is 12.8 Å². The Kier molecular flexibility index (Phi) is 4.17. The molecule has 5 heteroatoms. The van der Waals surface area contributed by atoms with Gasteiger partial charge in [0.2, 0.25) is 5.91 Å². The number of carbonyl (C=O) groups excluding carboxylic acids is 1. The molecule has 1 aromatic carbocycles. The van der Waals surface area contributed by atoms with Crippen LogP contribution in [-0.4, -0.2) is 15.7 Å². The van der Waals surface area contributed by atoms with Crippen molar-refractivity contribution in [1.29, 1.82) is 0 Å². The summed E-state index contributed by atoms with van der Waals surface area (Å²) >= 11 is 0. The van der Waals surface area contributed by atoms with Crippen molar-refractivity contribution in [3.05, 3.63) is 47.0 Å². The topological polar surface area (TPSA) is 46.9 Å². The molecule has 2 aromatic rings. The minimum absolute atomic E-state index is 0.197. The Balaban J connectivity index is 1.96. The van der Waals surface area contributed by atoms with Crippen molar-refractivity contribution >= 4 is 11.6 Å². The van der Waals surface area contributed by atoms with Gasteiger partial charge in [0, 0.05) is 19.2 Å². The largest absolute Gasteiger partial charge is 0.324 e. The minimum Gasteiger partial charge on any atom is -0.324 e. The molecular formula is C15H18FN3O. The maximum atomic E-state index is 13.5. The highest BCUT2D eigenvalue weighted by Gasteiger charge is 2.09. The molecule has 0 radical (unpaired) electrons. The van der Waals surface area contributed by atoms with Gasteiger partial charge in [0.1, 0.15) is 5.82 Å². The molecule has 0 unspecified atom stereocenters. The zero-order valence-corrected chi connectivity index (χ0v) is 11.9. The summed E-state index contributed by atoms with van der Waals surface area (Å²) in [7, 11) is 1.86. The lowest BCUT2D eigenvalue weighted by molar-refractivity contribution is -0.116. The maximum Gasteiger partial charge on any atom is 0.224 e. The zero-order chi connectivity index (χ0) is 14.7. The molecule has 0 bridgehead atoms. The van der Waals surface area contributed by atoms with Crippen LogP contribution in [0.3, 0.4) is 0 Å². The molecule has 0 aliphatic heterocycles. The summed E-state index contributed by atoms with van der Waals surface area (Å²) in [6.07, 6.45) is 2.66. The number of aryl methyl sites for hydroxylation is 3. The number of halogens is 1. The van der Waals surface area contributed by atoms with E-state index in [1.807, 2.05) is 20.9 Å². The van der Waals surface area contributed by atoms with Crippen LogP contribution in [0.4, 0.5) is 10.1 Å². The molecule has 4 nitrogen and oxygen atoms in total. The first-order valence-corrected chi connectivity index (χ1v) is 6.51. The lowest BCUT2D eigenvalue weighted by Crippen LogP contribution is -2.13. The van der Waals surface area contributed by atoms with Crippen LogP contribution in [0.15, 0.2) is 24.4 Å². The third kappa shape index (κ3) is 3.23. The highest BCUT2D eigenvalue weighted by Crippen LogP contribution is 2.16. The Morgan fingerprint density at radius 1 is 1.40 bits per heavy atom. The van der Waals surface area contributed by atoms with Crippen molar-refractivity contribution in [3.63, 3.8) is 0 Å². The van der Waals surface area contributed by atoms with E-state index in [0.717, 1.165) is 16.8 Å². The number of nitrogens with zero attached hydrogens (tertiary/aromatic N) is 2. The molecule has 0 aliphatic carbocycles. The first kappa shape index (κ1) is 14.2. The van der Waals surface area contributed by atoms with Gasteiger partial charge < -0.3 is 5.32 Å². The minimum atomic E-state index is -0.415. The van der Waals surface area contributed by atoms with E-state index >= 15 is 0 Å². The summed E-state index contributed by atoms with van der Waals surface area (Å²) in [6.45, 7) is 3.81. The molecule has 1 aromatic heterocycles. The fourth-order valence-electron chi connectivity index (χ4n) is 1.99. The van der Waals surface area contributed by atoms with Crippen LogP contribution in [0.25, 0.3) is 0 Å². The summed E-state index contributed by atoms with van der Waals surface area (Å²) in [4.78, 5) is 11.9. The second-order valence-electron chi connectivity index (χ2n) is 4.91. The second-order valence-corrected chi connectivity index (χ2v) is 4.91. The molecular weight excluding hydrogens is 257 g/mol. The Morgan fingerprint density at radius 3 is 2.80 bits per heavy atom. The van der Waals surface area contributed by atoms with Crippen LogP contribution < -0.4 is 5.32 Å². The summed E-state index contributed by atoms with van der Waals surface area (Å²) < 4.78 is 15.3. The van der Waals surface area contributed by atoms with E-state index in [2.05, 4.69) is 10.4 Å². The summed E-state index contributed by atoms with van der Waals surface area (Å²) in [5.74, 6) is -0.612. The SMILES string of the molecule is Cc1ccc(F)c(NC(=O)CCc2cnn(C)c2C)c1. The van der Waals surface area contributed by atoms with Crippen molar-refractivity contribution in [2.45, 2.75) is 26.7 Å². The van der Waals surface area contributed by atoms with Gasteiger partial charge in [-0.2, -0.15) is 5.10 Å². The van der Waals surface area contributed by atoms with Crippen LogP contribution in [0, 0.1) is 19.7 Å². The van der Waals surface area contributed by atoms with Gasteiger partial charge in [-0.1, -0.05) is 6.07 Å². The van der Waals surface area contributed by atoms with E-state index in [4.69, 9.17) is 0 Å². The van der Waals surface area contributed by atoms with Gasteiger partial charge >= 0.3 is 0 Å². The normalized spacial score (nSPS) is 10.6. The second kappa shape index (κ2) is 5.86. The van der Waals surface area contributed by atoms with Crippen molar-refractivity contribution in [2.75, 3.05) is 5.32 Å². The first-order chi connectivity index (χ1) is 9.47. The number of aromatic nitrogens is 2. The molecule has 0 spiro atoms. The monoisotopic (exact) mass is 275 g/mol. The Labute approximate surface area is 117 Å². The predicted octanol–water partition coefficient (Wildman–Crippen LogP) is 2.75. The average molecular weight is 275 g/mol. The van der Waals surface area contributed by atoms with Crippen LogP contribution in [0.2, 0.25) is 0 Å². The van der Waals surface area contributed by atoms with E-state index < -0.39 is 5.82 Å². The van der Waals surface area contributed by atoms with Gasteiger partial charge in [-0.15, -0.1) is 0 Å². The van der Waals surface area contributed by atoms with Crippen molar-refractivity contribution in [1.82, 2.24) is 9.78 Å². The number of rotatable bonds is 4. The van der Waals surface area contributed by atoms with Crippen LogP contribution in [-0.2, 0) is 18.3 Å². The third-order valence-corrected chi connectivity index (χ3v) is 3.35. The molecule has 1 N–H and O–H groups in total. The van der Waals surface area contributed by atoms with Crippen molar-refractivity contribution in [2.24, 2.45) is 7.05 Å². The molecule has 0 atom stereocenters. The number of benzene rings is 1. The number of hydrogen-bond donors (Lipinski definition) is 1. The fraction of sp³-hybridized carbons (Fsp3) is 0.333. The van der Waals surface area contributed by atoms with Gasteiger partial charge in [-0.25, -0.2) is 4.39 Å². The highest BCUT2D eigenvalue weighted by molar-refractivity contribution is 5.91. The Hall–Kier alpha value is -2.17. The lowest BCUT2D eigenvalue weighted by Gasteiger charge is -2.07. The number of hydrogen-bond acceptors (Lipinski definition) is 2. The van der Waals surface area contributed by atoms with Crippen LogP contribution in [0.5, 0.6) is 0 Å². The zero-order valence-electron chi connectivity index (χ0n) is 11.9. The van der Waals surface area contributed by atoms with Gasteiger partial charge in [0.25, 0.3) is 0 Å². The first-order valence-electron chi connectivity index (χ1n) is 6.51. The molecule has 1 heterocycles. The summed E-state index contributed by atoms with van der Waals surface area (Å²) in [6, 6.07) is 4.66. The number of nitrogens with one attached hydrogen (secondary N) is 1.